The van der Waals surface area contributed by atoms with Gasteiger partial charge in [0, 0.05) is 5.56 Å². The summed E-state index contributed by atoms with van der Waals surface area (Å²) in [6, 6.07) is 10.6. The number of halogens is 2. The molecule has 0 aliphatic heterocycles. The third kappa shape index (κ3) is 6.05. The van der Waals surface area contributed by atoms with Gasteiger partial charge >= 0.3 is 0 Å². The number of unbranched alkanes of at least 4 members (excludes halogenated alkanes) is 4. The van der Waals surface area contributed by atoms with Crippen molar-refractivity contribution in [2.24, 2.45) is 0 Å². The number of hydrogen-bond acceptors (Lipinski definition) is 1. The van der Waals surface area contributed by atoms with E-state index in [1.807, 2.05) is 19.1 Å². The van der Waals surface area contributed by atoms with Gasteiger partial charge < -0.3 is 4.74 Å². The van der Waals surface area contributed by atoms with Crippen molar-refractivity contribution in [3.8, 4) is 16.9 Å². The van der Waals surface area contributed by atoms with E-state index in [-0.39, 0.29) is 5.92 Å². The molecule has 1 radical (unpaired) electrons. The fourth-order valence-corrected chi connectivity index (χ4v) is 3.17. The van der Waals surface area contributed by atoms with Crippen LogP contribution in [0.4, 0.5) is 8.78 Å². The predicted molar refractivity (Wildman–Crippen MR) is 109 cm³/mol. The Morgan fingerprint density at radius 3 is 2.37 bits per heavy atom. The Hall–Kier alpha value is -1.90. The summed E-state index contributed by atoms with van der Waals surface area (Å²) < 4.78 is 35.0. The van der Waals surface area contributed by atoms with E-state index >= 15 is 0 Å². The number of ether oxygens (including phenoxy) is 1. The predicted octanol–water partition coefficient (Wildman–Crippen LogP) is 7.70. The molecule has 0 heterocycles. The first-order valence-corrected chi connectivity index (χ1v) is 10.1. The van der Waals surface area contributed by atoms with Gasteiger partial charge in [0.05, 0.1) is 6.61 Å². The monoisotopic (exact) mass is 373 g/mol. The lowest BCUT2D eigenvalue weighted by Gasteiger charge is -2.15. The van der Waals surface area contributed by atoms with Crippen molar-refractivity contribution >= 4 is 0 Å². The first-order valence-electron chi connectivity index (χ1n) is 10.1. The van der Waals surface area contributed by atoms with Crippen molar-refractivity contribution < 1.29 is 13.5 Å². The van der Waals surface area contributed by atoms with Crippen LogP contribution in [0.3, 0.4) is 0 Å². The zero-order valence-corrected chi connectivity index (χ0v) is 16.7. The van der Waals surface area contributed by atoms with Gasteiger partial charge in [0.2, 0.25) is 0 Å². The molecular formula is C24H31F2O. The molecule has 0 fully saturated rings. The normalized spacial score (nSPS) is 12.2. The average molecular weight is 374 g/mol. The van der Waals surface area contributed by atoms with Crippen LogP contribution in [0.15, 0.2) is 36.4 Å². The zero-order valence-electron chi connectivity index (χ0n) is 16.7. The fourth-order valence-electron chi connectivity index (χ4n) is 3.17. The summed E-state index contributed by atoms with van der Waals surface area (Å²) in [6.07, 6.45) is 8.23. The van der Waals surface area contributed by atoms with Gasteiger partial charge in [-0.15, -0.1) is 0 Å². The summed E-state index contributed by atoms with van der Waals surface area (Å²) in [7, 11) is 0. The lowest BCUT2D eigenvalue weighted by molar-refractivity contribution is 0.306. The molecule has 2 aromatic rings. The highest BCUT2D eigenvalue weighted by atomic mass is 19.2. The van der Waals surface area contributed by atoms with Crippen molar-refractivity contribution in [1.29, 1.82) is 0 Å². The second kappa shape index (κ2) is 11.1. The Bertz CT molecular complexity index is 694. The molecule has 0 saturated heterocycles. The second-order valence-electron chi connectivity index (χ2n) is 7.09. The highest BCUT2D eigenvalue weighted by molar-refractivity contribution is 5.65. The SMILES string of the molecule is CC[CH]CCC(C)c1ccc(-c2ccc(OCCCCC)cc2)c(F)c1F. The summed E-state index contributed by atoms with van der Waals surface area (Å²) in [5.41, 5.74) is 1.41. The zero-order chi connectivity index (χ0) is 19.6. The standard InChI is InChI=1S/C24H31F2O/c1-4-6-8-10-18(3)21-15-16-22(24(26)23(21)25)19-11-13-20(14-12-19)27-17-9-7-5-2/h6,11-16,18H,4-5,7-10,17H2,1-3H3. The minimum Gasteiger partial charge on any atom is -0.494 e. The van der Waals surface area contributed by atoms with Gasteiger partial charge in [-0.3, -0.25) is 0 Å². The molecule has 1 nitrogen and oxygen atoms in total. The quantitative estimate of drug-likeness (QED) is 0.367. The summed E-state index contributed by atoms with van der Waals surface area (Å²) in [5, 5.41) is 0. The maximum Gasteiger partial charge on any atom is 0.166 e. The fraction of sp³-hybridized carbons (Fsp3) is 0.458. The van der Waals surface area contributed by atoms with E-state index in [0.29, 0.717) is 23.3 Å². The van der Waals surface area contributed by atoms with E-state index in [0.717, 1.165) is 44.3 Å². The molecule has 1 unspecified atom stereocenters. The number of benzene rings is 2. The summed E-state index contributed by atoms with van der Waals surface area (Å²) in [4.78, 5) is 0. The van der Waals surface area contributed by atoms with Gasteiger partial charge in [0.25, 0.3) is 0 Å². The second-order valence-corrected chi connectivity index (χ2v) is 7.09. The molecule has 0 saturated carbocycles. The molecule has 0 bridgehead atoms. The van der Waals surface area contributed by atoms with Gasteiger partial charge in [-0.25, -0.2) is 8.78 Å². The smallest absolute Gasteiger partial charge is 0.166 e. The molecule has 0 aliphatic carbocycles. The van der Waals surface area contributed by atoms with Gasteiger partial charge in [0.15, 0.2) is 11.6 Å². The lowest BCUT2D eigenvalue weighted by Crippen LogP contribution is -2.02. The van der Waals surface area contributed by atoms with Crippen molar-refractivity contribution in [3.05, 3.63) is 60.0 Å². The molecule has 147 valence electrons. The molecule has 0 spiro atoms. The first-order chi connectivity index (χ1) is 13.1. The van der Waals surface area contributed by atoms with E-state index < -0.39 is 11.6 Å². The third-order valence-corrected chi connectivity index (χ3v) is 4.92. The molecular weight excluding hydrogens is 342 g/mol. The van der Waals surface area contributed by atoms with Crippen molar-refractivity contribution in [2.75, 3.05) is 6.61 Å². The molecule has 27 heavy (non-hydrogen) atoms. The largest absolute Gasteiger partial charge is 0.494 e. The third-order valence-electron chi connectivity index (χ3n) is 4.92. The van der Waals surface area contributed by atoms with Crippen LogP contribution in [0.1, 0.15) is 70.8 Å². The molecule has 0 N–H and O–H groups in total. The highest BCUT2D eigenvalue weighted by Gasteiger charge is 2.18. The van der Waals surface area contributed by atoms with Crippen molar-refractivity contribution in [2.45, 2.75) is 65.2 Å². The minimum atomic E-state index is -0.768. The molecule has 1 atom stereocenters. The molecule has 0 aliphatic rings. The maximum absolute atomic E-state index is 14.7. The number of rotatable bonds is 11. The van der Waals surface area contributed by atoms with Crippen LogP contribution in [0.25, 0.3) is 11.1 Å². The van der Waals surface area contributed by atoms with Crippen LogP contribution in [-0.2, 0) is 0 Å². The van der Waals surface area contributed by atoms with Crippen LogP contribution in [0.2, 0.25) is 0 Å². The Kier molecular flexibility index (Phi) is 8.77. The van der Waals surface area contributed by atoms with Gasteiger partial charge in [-0.2, -0.15) is 0 Å². The van der Waals surface area contributed by atoms with Gasteiger partial charge in [0.1, 0.15) is 5.75 Å². The van der Waals surface area contributed by atoms with E-state index in [4.69, 9.17) is 4.74 Å². The van der Waals surface area contributed by atoms with Gasteiger partial charge in [-0.05, 0) is 54.9 Å². The lowest BCUT2D eigenvalue weighted by atomic mass is 9.92. The molecule has 0 amide bonds. The van der Waals surface area contributed by atoms with E-state index in [1.54, 1.807) is 24.3 Å². The maximum atomic E-state index is 14.7. The van der Waals surface area contributed by atoms with Crippen LogP contribution in [0.5, 0.6) is 5.75 Å². The van der Waals surface area contributed by atoms with Crippen molar-refractivity contribution in [3.63, 3.8) is 0 Å². The first kappa shape index (κ1) is 21.4. The minimum absolute atomic E-state index is 0.00440. The van der Waals surface area contributed by atoms with Crippen LogP contribution in [0, 0.1) is 18.1 Å². The highest BCUT2D eigenvalue weighted by Crippen LogP contribution is 2.32. The Balaban J connectivity index is 2.09. The molecule has 0 aromatic heterocycles. The summed E-state index contributed by atoms with van der Waals surface area (Å²) in [6.45, 7) is 6.86. The van der Waals surface area contributed by atoms with Crippen LogP contribution in [-0.4, -0.2) is 6.61 Å². The van der Waals surface area contributed by atoms with Crippen molar-refractivity contribution in [1.82, 2.24) is 0 Å². The van der Waals surface area contributed by atoms with Crippen LogP contribution >= 0.6 is 0 Å². The topological polar surface area (TPSA) is 9.23 Å². The molecule has 3 heteroatoms. The summed E-state index contributed by atoms with van der Waals surface area (Å²) in [5.74, 6) is -0.741. The number of hydrogen-bond donors (Lipinski definition) is 0. The average Bonchev–Trinajstić information content (AvgIpc) is 2.68. The van der Waals surface area contributed by atoms with E-state index in [2.05, 4.69) is 20.3 Å². The summed E-state index contributed by atoms with van der Waals surface area (Å²) >= 11 is 0. The Morgan fingerprint density at radius 2 is 1.70 bits per heavy atom. The Labute approximate surface area is 162 Å². The Morgan fingerprint density at radius 1 is 0.963 bits per heavy atom. The van der Waals surface area contributed by atoms with E-state index in [9.17, 15) is 8.78 Å². The molecule has 2 rings (SSSR count). The van der Waals surface area contributed by atoms with E-state index in [1.165, 1.54) is 0 Å². The molecule has 2 aromatic carbocycles. The van der Waals surface area contributed by atoms with Gasteiger partial charge in [-0.1, -0.05) is 64.3 Å². The van der Waals surface area contributed by atoms with Crippen LogP contribution < -0.4 is 4.74 Å².